The molecule has 6 heteroatoms. The van der Waals surface area contributed by atoms with Crippen LogP contribution in [0.25, 0.3) is 0 Å². The second-order valence-corrected chi connectivity index (χ2v) is 7.31. The summed E-state index contributed by atoms with van der Waals surface area (Å²) in [5, 5.41) is 3.07. The normalized spacial score (nSPS) is 12.2. The maximum Gasteiger partial charge on any atom is 0.224 e. The van der Waals surface area contributed by atoms with Crippen molar-refractivity contribution >= 4 is 21.4 Å². The molecule has 1 rings (SSSR count). The number of benzene rings is 1. The first-order valence-corrected chi connectivity index (χ1v) is 7.71. The minimum Gasteiger partial charge on any atom is -0.384 e. The molecule has 0 bridgehead atoms. The Morgan fingerprint density at radius 1 is 1.26 bits per heavy atom. The fourth-order valence-electron chi connectivity index (χ4n) is 1.36. The Bertz CT molecular complexity index is 548. The molecule has 0 spiro atoms. The Kier molecular flexibility index (Phi) is 4.57. The van der Waals surface area contributed by atoms with Gasteiger partial charge >= 0.3 is 0 Å². The third-order valence-electron chi connectivity index (χ3n) is 2.99. The molecule has 0 saturated carbocycles. The van der Waals surface area contributed by atoms with Crippen LogP contribution in [0.4, 0.5) is 5.69 Å². The van der Waals surface area contributed by atoms with Crippen molar-refractivity contribution in [3.8, 4) is 0 Å². The number of nitrogens with two attached hydrogens (primary N) is 1. The van der Waals surface area contributed by atoms with Crippen molar-refractivity contribution in [1.29, 1.82) is 0 Å². The smallest absolute Gasteiger partial charge is 0.224 e. The van der Waals surface area contributed by atoms with Crippen LogP contribution < -0.4 is 11.1 Å². The number of anilines is 1. The molecule has 106 valence electrons. The van der Waals surface area contributed by atoms with Gasteiger partial charge in [-0.05, 0) is 38.1 Å². The monoisotopic (exact) mass is 284 g/mol. The molecule has 1 aromatic carbocycles. The lowest BCUT2D eigenvalue weighted by Gasteiger charge is -2.21. The minimum absolute atomic E-state index is 0.0779. The van der Waals surface area contributed by atoms with Crippen molar-refractivity contribution in [3.05, 3.63) is 24.3 Å². The maximum atomic E-state index is 11.6. The Balaban J connectivity index is 2.77. The zero-order valence-corrected chi connectivity index (χ0v) is 12.3. The molecule has 3 N–H and O–H groups in total. The van der Waals surface area contributed by atoms with E-state index in [2.05, 4.69) is 5.32 Å². The molecular formula is C13H20N2O3S. The van der Waals surface area contributed by atoms with Crippen LogP contribution in [0.1, 0.15) is 20.8 Å². The molecule has 0 aromatic heterocycles. The van der Waals surface area contributed by atoms with Crippen molar-refractivity contribution < 1.29 is 13.2 Å². The quantitative estimate of drug-likeness (QED) is 0.826. The molecule has 0 heterocycles. The van der Waals surface area contributed by atoms with Gasteiger partial charge in [0, 0.05) is 12.2 Å². The van der Waals surface area contributed by atoms with Gasteiger partial charge in [0.25, 0.3) is 0 Å². The first-order chi connectivity index (χ1) is 8.69. The number of primary amides is 1. The second kappa shape index (κ2) is 5.61. The van der Waals surface area contributed by atoms with Gasteiger partial charge in [0.15, 0.2) is 9.84 Å². The first-order valence-electron chi connectivity index (χ1n) is 6.05. The lowest BCUT2D eigenvalue weighted by Crippen LogP contribution is -2.37. The average molecular weight is 284 g/mol. The fourth-order valence-corrected chi connectivity index (χ4v) is 2.24. The third kappa shape index (κ3) is 3.96. The maximum absolute atomic E-state index is 11.6. The Morgan fingerprint density at radius 2 is 1.79 bits per heavy atom. The minimum atomic E-state index is -3.17. The molecule has 0 aliphatic rings. The molecule has 0 radical (unpaired) electrons. The van der Waals surface area contributed by atoms with Crippen LogP contribution in [-0.4, -0.2) is 26.6 Å². The van der Waals surface area contributed by atoms with Crippen LogP contribution in [-0.2, 0) is 14.6 Å². The summed E-state index contributed by atoms with van der Waals surface area (Å²) in [6.45, 7) is 5.50. The number of carbonyl (C=O) groups is 1. The van der Waals surface area contributed by atoms with Crippen LogP contribution in [0.2, 0.25) is 0 Å². The molecule has 1 aromatic rings. The highest BCUT2D eigenvalue weighted by Crippen LogP contribution is 2.18. The summed E-state index contributed by atoms with van der Waals surface area (Å²) < 4.78 is 23.3. The lowest BCUT2D eigenvalue weighted by molar-refractivity contribution is -0.125. The molecule has 0 atom stereocenters. The van der Waals surface area contributed by atoms with E-state index in [4.69, 9.17) is 5.73 Å². The molecule has 19 heavy (non-hydrogen) atoms. The zero-order valence-electron chi connectivity index (χ0n) is 11.4. The molecule has 0 aliphatic heterocycles. The lowest BCUT2D eigenvalue weighted by atomic mass is 9.93. The van der Waals surface area contributed by atoms with E-state index < -0.39 is 15.3 Å². The van der Waals surface area contributed by atoms with E-state index in [0.717, 1.165) is 5.69 Å². The zero-order chi connectivity index (χ0) is 14.7. The summed E-state index contributed by atoms with van der Waals surface area (Å²) in [5.41, 5.74) is 5.37. The molecule has 0 saturated heterocycles. The van der Waals surface area contributed by atoms with E-state index >= 15 is 0 Å². The number of nitrogens with one attached hydrogen (secondary N) is 1. The summed E-state index contributed by atoms with van der Waals surface area (Å²) in [4.78, 5) is 11.5. The van der Waals surface area contributed by atoms with Crippen molar-refractivity contribution in [2.45, 2.75) is 25.7 Å². The number of carbonyl (C=O) groups excluding carboxylic acids is 1. The SMILES string of the molecule is CCS(=O)(=O)c1ccc(NCC(C)(C)C(N)=O)cc1. The molecular weight excluding hydrogens is 264 g/mol. The van der Waals surface area contributed by atoms with Gasteiger partial charge in [-0.1, -0.05) is 6.92 Å². The van der Waals surface area contributed by atoms with E-state index in [1.807, 2.05) is 0 Å². The summed E-state index contributed by atoms with van der Waals surface area (Å²) in [5.74, 6) is -0.306. The van der Waals surface area contributed by atoms with Crippen molar-refractivity contribution in [2.24, 2.45) is 11.1 Å². The van der Waals surface area contributed by atoms with Gasteiger partial charge in [0.2, 0.25) is 5.91 Å². The predicted octanol–water partition coefficient (Wildman–Crippen LogP) is 1.40. The van der Waals surface area contributed by atoms with Gasteiger partial charge in [0.05, 0.1) is 16.1 Å². The first kappa shape index (κ1) is 15.5. The molecule has 0 aliphatic carbocycles. The number of amides is 1. The van der Waals surface area contributed by atoms with Crippen LogP contribution in [0.15, 0.2) is 29.2 Å². The van der Waals surface area contributed by atoms with Gasteiger partial charge in [-0.25, -0.2) is 8.42 Å². The highest BCUT2D eigenvalue weighted by molar-refractivity contribution is 7.91. The van der Waals surface area contributed by atoms with E-state index in [-0.39, 0.29) is 11.7 Å². The topological polar surface area (TPSA) is 89.3 Å². The van der Waals surface area contributed by atoms with Crippen LogP contribution >= 0.6 is 0 Å². The number of sulfone groups is 1. The van der Waals surface area contributed by atoms with Crippen molar-refractivity contribution in [3.63, 3.8) is 0 Å². The molecule has 0 unspecified atom stereocenters. The molecule has 0 fully saturated rings. The van der Waals surface area contributed by atoms with Crippen LogP contribution in [0.3, 0.4) is 0 Å². The Morgan fingerprint density at radius 3 is 2.21 bits per heavy atom. The Labute approximate surface area is 114 Å². The van der Waals surface area contributed by atoms with Gasteiger partial charge in [0.1, 0.15) is 0 Å². The fraction of sp³-hybridized carbons (Fsp3) is 0.462. The standard InChI is InChI=1S/C13H20N2O3S/c1-4-19(17,18)11-7-5-10(6-8-11)15-9-13(2,3)12(14)16/h5-8,15H,4,9H2,1-3H3,(H2,14,16). The highest BCUT2D eigenvalue weighted by Gasteiger charge is 2.24. The van der Waals surface area contributed by atoms with Crippen LogP contribution in [0, 0.1) is 5.41 Å². The summed E-state index contributed by atoms with van der Waals surface area (Å²) in [6, 6.07) is 6.47. The van der Waals surface area contributed by atoms with Crippen molar-refractivity contribution in [1.82, 2.24) is 0 Å². The average Bonchev–Trinajstić information content (AvgIpc) is 2.37. The predicted molar refractivity (Wildman–Crippen MR) is 75.6 cm³/mol. The van der Waals surface area contributed by atoms with Gasteiger partial charge in [-0.2, -0.15) is 0 Å². The van der Waals surface area contributed by atoms with E-state index in [9.17, 15) is 13.2 Å². The largest absolute Gasteiger partial charge is 0.384 e. The number of hydrogen-bond donors (Lipinski definition) is 2. The summed E-state index contributed by atoms with van der Waals surface area (Å²) >= 11 is 0. The van der Waals surface area contributed by atoms with Crippen LogP contribution in [0.5, 0.6) is 0 Å². The van der Waals surface area contributed by atoms with Crippen molar-refractivity contribution in [2.75, 3.05) is 17.6 Å². The second-order valence-electron chi connectivity index (χ2n) is 5.03. The van der Waals surface area contributed by atoms with E-state index in [1.54, 1.807) is 45.0 Å². The molecule has 1 amide bonds. The van der Waals surface area contributed by atoms with E-state index in [1.165, 1.54) is 0 Å². The number of rotatable bonds is 6. The van der Waals surface area contributed by atoms with Gasteiger partial charge < -0.3 is 11.1 Å². The highest BCUT2D eigenvalue weighted by atomic mass is 32.2. The summed E-state index contributed by atoms with van der Waals surface area (Å²) in [7, 11) is -3.17. The Hall–Kier alpha value is -1.56. The van der Waals surface area contributed by atoms with Gasteiger partial charge in [-0.3, -0.25) is 4.79 Å². The van der Waals surface area contributed by atoms with Gasteiger partial charge in [-0.15, -0.1) is 0 Å². The third-order valence-corrected chi connectivity index (χ3v) is 4.75. The number of hydrogen-bond acceptors (Lipinski definition) is 4. The molecule has 5 nitrogen and oxygen atoms in total. The van der Waals surface area contributed by atoms with E-state index in [0.29, 0.717) is 11.4 Å². The summed E-state index contributed by atoms with van der Waals surface area (Å²) in [6.07, 6.45) is 0.